The van der Waals surface area contributed by atoms with Gasteiger partial charge in [-0.3, -0.25) is 14.4 Å². The van der Waals surface area contributed by atoms with Crippen molar-refractivity contribution in [2.45, 2.75) is 38.2 Å². The molecule has 0 aliphatic heterocycles. The highest BCUT2D eigenvalue weighted by molar-refractivity contribution is 6.20. The van der Waals surface area contributed by atoms with E-state index in [0.29, 0.717) is 0 Å². The third-order valence-corrected chi connectivity index (χ3v) is 3.99. The second-order valence-electron chi connectivity index (χ2n) is 5.65. The van der Waals surface area contributed by atoms with Crippen LogP contribution in [-0.4, -0.2) is 40.4 Å². The normalized spacial score (nSPS) is 24.9. The van der Waals surface area contributed by atoms with Gasteiger partial charge in [0, 0.05) is 0 Å². The minimum Gasteiger partial charge on any atom is -0.465 e. The Morgan fingerprint density at radius 3 is 2.00 bits per heavy atom. The van der Waals surface area contributed by atoms with Gasteiger partial charge in [0.05, 0.1) is 17.5 Å². The third-order valence-electron chi connectivity index (χ3n) is 3.99. The molecule has 0 amide bonds. The molecular formula is C14H10F6O5. The van der Waals surface area contributed by atoms with Crippen molar-refractivity contribution in [2.75, 3.05) is 0 Å². The van der Waals surface area contributed by atoms with Gasteiger partial charge in [-0.15, -0.1) is 0 Å². The smallest absolute Gasteiger partial charge is 0.450 e. The molecule has 25 heavy (non-hydrogen) atoms. The van der Waals surface area contributed by atoms with Gasteiger partial charge in [0.25, 0.3) is 0 Å². The molecule has 1 aromatic heterocycles. The molecule has 2 unspecified atom stereocenters. The van der Waals surface area contributed by atoms with Crippen molar-refractivity contribution in [1.29, 1.82) is 0 Å². The molecule has 0 radical (unpaired) electrons. The van der Waals surface area contributed by atoms with Crippen LogP contribution in [0, 0.1) is 19.8 Å². The molecule has 138 valence electrons. The lowest BCUT2D eigenvalue weighted by Crippen LogP contribution is -2.59. The number of hydrogen-bond donors (Lipinski definition) is 1. The van der Waals surface area contributed by atoms with Crippen LogP contribution in [0.5, 0.6) is 0 Å². The van der Waals surface area contributed by atoms with Crippen molar-refractivity contribution < 1.29 is 50.2 Å². The van der Waals surface area contributed by atoms with E-state index in [9.17, 15) is 45.8 Å². The van der Waals surface area contributed by atoms with Gasteiger partial charge in [0.15, 0.2) is 17.2 Å². The van der Waals surface area contributed by atoms with Crippen LogP contribution >= 0.6 is 0 Å². The number of aryl methyl sites for hydroxylation is 2. The first kappa shape index (κ1) is 19.2. The largest absolute Gasteiger partial charge is 0.465 e. The van der Waals surface area contributed by atoms with E-state index in [-0.39, 0.29) is 5.76 Å². The number of Topliss-reactive ketones (excluding diaryl/α,β-unsaturated/α-hetero) is 3. The maximum Gasteiger partial charge on any atom is 0.450 e. The van der Waals surface area contributed by atoms with Crippen LogP contribution < -0.4 is 0 Å². The van der Waals surface area contributed by atoms with Gasteiger partial charge >= 0.3 is 12.4 Å². The molecule has 0 bridgehead atoms. The van der Waals surface area contributed by atoms with Crippen LogP contribution in [0.15, 0.2) is 4.42 Å². The van der Waals surface area contributed by atoms with Crippen molar-refractivity contribution in [3.8, 4) is 0 Å². The fourth-order valence-electron chi connectivity index (χ4n) is 2.88. The number of furan rings is 1. The lowest BCUT2D eigenvalue weighted by atomic mass is 9.77. The zero-order valence-corrected chi connectivity index (χ0v) is 12.6. The van der Waals surface area contributed by atoms with Gasteiger partial charge in [0.1, 0.15) is 17.4 Å². The molecule has 1 aliphatic carbocycles. The fourth-order valence-corrected chi connectivity index (χ4v) is 2.88. The van der Waals surface area contributed by atoms with E-state index < -0.39 is 64.5 Å². The highest BCUT2D eigenvalue weighted by atomic mass is 19.4. The second kappa shape index (κ2) is 5.41. The Morgan fingerprint density at radius 1 is 1.08 bits per heavy atom. The van der Waals surface area contributed by atoms with Crippen LogP contribution in [0.3, 0.4) is 0 Å². The fraction of sp³-hybridized carbons (Fsp3) is 0.500. The minimum absolute atomic E-state index is 0.296. The van der Waals surface area contributed by atoms with Crippen molar-refractivity contribution in [2.24, 2.45) is 5.92 Å². The van der Waals surface area contributed by atoms with Crippen LogP contribution in [0.25, 0.3) is 0 Å². The van der Waals surface area contributed by atoms with Crippen molar-refractivity contribution in [3.63, 3.8) is 0 Å². The topological polar surface area (TPSA) is 84.6 Å². The van der Waals surface area contributed by atoms with Gasteiger partial charge in [0.2, 0.25) is 5.78 Å². The standard InChI is InChI=1S/C14H10F6O5/c1-4-7-6(21)3-12(24,14(18,19)20)9(11(23)13(15,16)17)10(22)8(7)5(2)25-4/h9,24H,3H2,1-2H3. The average molecular weight is 372 g/mol. The number of carbonyl (C=O) groups excluding carboxylic acids is 3. The van der Waals surface area contributed by atoms with Crippen molar-refractivity contribution >= 4 is 17.3 Å². The number of ketones is 3. The highest BCUT2D eigenvalue weighted by Crippen LogP contribution is 2.47. The Hall–Kier alpha value is -2.17. The molecule has 0 aromatic carbocycles. The molecule has 5 nitrogen and oxygen atoms in total. The summed E-state index contributed by atoms with van der Waals surface area (Å²) in [7, 11) is 0. The summed E-state index contributed by atoms with van der Waals surface area (Å²) in [4.78, 5) is 36.0. The summed E-state index contributed by atoms with van der Waals surface area (Å²) in [5.41, 5.74) is -6.01. The molecular weight excluding hydrogens is 362 g/mol. The summed E-state index contributed by atoms with van der Waals surface area (Å²) >= 11 is 0. The predicted molar refractivity (Wildman–Crippen MR) is 67.0 cm³/mol. The molecule has 11 heteroatoms. The minimum atomic E-state index is -5.84. The summed E-state index contributed by atoms with van der Waals surface area (Å²) < 4.78 is 83.1. The van der Waals surface area contributed by atoms with Crippen LogP contribution in [0.2, 0.25) is 0 Å². The van der Waals surface area contributed by atoms with Gasteiger partial charge in [-0.05, 0) is 13.8 Å². The summed E-state index contributed by atoms with van der Waals surface area (Å²) in [5, 5.41) is 9.88. The molecule has 1 heterocycles. The number of alkyl halides is 6. The summed E-state index contributed by atoms with van der Waals surface area (Å²) in [6.07, 6.45) is -13.6. The lowest BCUT2D eigenvalue weighted by molar-refractivity contribution is -0.272. The Labute approximate surface area is 135 Å². The van der Waals surface area contributed by atoms with Gasteiger partial charge < -0.3 is 9.52 Å². The third kappa shape index (κ3) is 2.75. The van der Waals surface area contributed by atoms with Gasteiger partial charge in [-0.2, -0.15) is 26.3 Å². The maximum absolute atomic E-state index is 13.3. The van der Waals surface area contributed by atoms with Crippen LogP contribution in [0.4, 0.5) is 26.3 Å². The Balaban J connectivity index is 2.82. The van der Waals surface area contributed by atoms with E-state index >= 15 is 0 Å². The molecule has 1 aliphatic rings. The Kier molecular flexibility index (Phi) is 4.15. The number of halogens is 6. The quantitative estimate of drug-likeness (QED) is 0.466. The molecule has 1 aromatic rings. The zero-order valence-electron chi connectivity index (χ0n) is 12.6. The Bertz CT molecular complexity index is 772. The van der Waals surface area contributed by atoms with Crippen molar-refractivity contribution in [1.82, 2.24) is 0 Å². The lowest BCUT2D eigenvalue weighted by Gasteiger charge is -2.34. The predicted octanol–water partition coefficient (Wildman–Crippen LogP) is 2.71. The van der Waals surface area contributed by atoms with Gasteiger partial charge in [-0.25, -0.2) is 0 Å². The Morgan fingerprint density at radius 2 is 1.56 bits per heavy atom. The summed E-state index contributed by atoms with van der Waals surface area (Å²) in [5.74, 6) is -10.8. The SMILES string of the molecule is Cc1oc(C)c2c1C(=O)CC(O)(C(F)(F)F)C(C(=O)C(F)(F)F)C2=O. The van der Waals surface area contributed by atoms with E-state index in [2.05, 4.69) is 0 Å². The van der Waals surface area contributed by atoms with Crippen molar-refractivity contribution in [3.05, 3.63) is 22.6 Å². The molecule has 0 saturated heterocycles. The highest BCUT2D eigenvalue weighted by Gasteiger charge is 2.68. The molecule has 0 spiro atoms. The van der Waals surface area contributed by atoms with Crippen LogP contribution in [-0.2, 0) is 4.79 Å². The molecule has 1 N–H and O–H groups in total. The number of carbonyl (C=O) groups is 3. The first-order valence-electron chi connectivity index (χ1n) is 6.70. The monoisotopic (exact) mass is 372 g/mol. The molecule has 0 saturated carbocycles. The number of aliphatic hydroxyl groups is 1. The first-order chi connectivity index (χ1) is 11.1. The number of hydrogen-bond acceptors (Lipinski definition) is 5. The molecule has 2 rings (SSSR count). The van der Waals surface area contributed by atoms with E-state index in [1.54, 1.807) is 0 Å². The summed E-state index contributed by atoms with van der Waals surface area (Å²) in [6.45, 7) is 2.17. The van der Waals surface area contributed by atoms with E-state index in [4.69, 9.17) is 4.42 Å². The number of fused-ring (bicyclic) bond motifs is 1. The average Bonchev–Trinajstić information content (AvgIpc) is 2.65. The van der Waals surface area contributed by atoms with E-state index in [1.807, 2.05) is 0 Å². The maximum atomic E-state index is 13.3. The molecule has 2 atom stereocenters. The van der Waals surface area contributed by atoms with E-state index in [0.717, 1.165) is 13.8 Å². The second-order valence-corrected chi connectivity index (χ2v) is 5.65. The molecule has 0 fully saturated rings. The zero-order chi connectivity index (χ0) is 19.5. The van der Waals surface area contributed by atoms with Crippen LogP contribution in [0.1, 0.15) is 38.7 Å². The number of rotatable bonds is 1. The first-order valence-corrected chi connectivity index (χ1v) is 6.70. The van der Waals surface area contributed by atoms with E-state index in [1.165, 1.54) is 0 Å². The van der Waals surface area contributed by atoms with Gasteiger partial charge in [-0.1, -0.05) is 0 Å². The summed E-state index contributed by atoms with van der Waals surface area (Å²) in [6, 6.07) is 0.